The van der Waals surface area contributed by atoms with E-state index in [-0.39, 0.29) is 5.24 Å². The van der Waals surface area contributed by atoms with Gasteiger partial charge in [0.05, 0.1) is 0 Å². The van der Waals surface area contributed by atoms with Gasteiger partial charge >= 0.3 is 0 Å². The molecule has 0 bridgehead atoms. The Balaban J connectivity index is 3.00. The summed E-state index contributed by atoms with van der Waals surface area (Å²) in [7, 11) is 0. The number of carbonyl (C=O) groups excluding carboxylic acids is 1. The lowest BCUT2D eigenvalue weighted by Crippen LogP contribution is -2.03. The zero-order valence-electron chi connectivity index (χ0n) is 7.09. The topological polar surface area (TPSA) is 29.1 Å². The molecular formula is C9H11NOS. The molecule has 64 valence electrons. The maximum atomic E-state index is 10.6. The van der Waals surface area contributed by atoms with Crippen LogP contribution in [0.15, 0.2) is 18.2 Å². The van der Waals surface area contributed by atoms with Crippen LogP contribution in [-0.2, 0) is 0 Å². The maximum absolute atomic E-state index is 10.6. The molecule has 1 aromatic carbocycles. The molecule has 1 N–H and O–H groups in total. The van der Waals surface area contributed by atoms with E-state index in [9.17, 15) is 4.79 Å². The second-order valence-corrected chi connectivity index (χ2v) is 3.08. The number of thiol groups is 1. The molecule has 0 aliphatic carbocycles. The van der Waals surface area contributed by atoms with Crippen LogP contribution in [0.2, 0.25) is 0 Å². The zero-order chi connectivity index (χ0) is 9.14. The SMILES string of the molecule is Cc1cccc(NC(=O)S)c1C. The van der Waals surface area contributed by atoms with Crippen molar-refractivity contribution in [2.24, 2.45) is 0 Å². The quantitative estimate of drug-likeness (QED) is 0.641. The van der Waals surface area contributed by atoms with Gasteiger partial charge in [-0.1, -0.05) is 24.8 Å². The Morgan fingerprint density at radius 3 is 2.67 bits per heavy atom. The zero-order valence-corrected chi connectivity index (χ0v) is 7.98. The number of aryl methyl sites for hydroxylation is 1. The molecule has 1 amide bonds. The summed E-state index contributed by atoms with van der Waals surface area (Å²) in [5.74, 6) is 0. The van der Waals surface area contributed by atoms with E-state index in [0.29, 0.717) is 0 Å². The number of nitrogens with one attached hydrogen (secondary N) is 1. The summed E-state index contributed by atoms with van der Waals surface area (Å²) >= 11 is 3.64. The van der Waals surface area contributed by atoms with Gasteiger partial charge in [0.15, 0.2) is 0 Å². The molecule has 0 spiro atoms. The average molecular weight is 181 g/mol. The highest BCUT2D eigenvalue weighted by atomic mass is 32.1. The van der Waals surface area contributed by atoms with E-state index < -0.39 is 0 Å². The third-order valence-corrected chi connectivity index (χ3v) is 1.96. The van der Waals surface area contributed by atoms with Gasteiger partial charge in [0, 0.05) is 5.69 Å². The van der Waals surface area contributed by atoms with Crippen molar-refractivity contribution in [2.75, 3.05) is 5.32 Å². The molecule has 0 heterocycles. The van der Waals surface area contributed by atoms with Crippen LogP contribution in [0.5, 0.6) is 0 Å². The Labute approximate surface area is 77.4 Å². The number of anilines is 1. The lowest BCUT2D eigenvalue weighted by atomic mass is 10.1. The fraction of sp³-hybridized carbons (Fsp3) is 0.222. The lowest BCUT2D eigenvalue weighted by molar-refractivity contribution is 0.270. The van der Waals surface area contributed by atoms with Crippen LogP contribution < -0.4 is 5.32 Å². The summed E-state index contributed by atoms with van der Waals surface area (Å²) in [6.07, 6.45) is 0. The first-order chi connectivity index (χ1) is 5.61. The molecule has 0 radical (unpaired) electrons. The summed E-state index contributed by atoms with van der Waals surface area (Å²) in [6, 6.07) is 5.77. The fourth-order valence-electron chi connectivity index (χ4n) is 1.00. The molecule has 12 heavy (non-hydrogen) atoms. The molecule has 0 fully saturated rings. The minimum absolute atomic E-state index is 0.330. The van der Waals surface area contributed by atoms with Crippen LogP contribution in [0.3, 0.4) is 0 Å². The first kappa shape index (κ1) is 9.13. The normalized spacial score (nSPS) is 9.58. The van der Waals surface area contributed by atoms with Crippen LogP contribution in [0.4, 0.5) is 10.5 Å². The van der Waals surface area contributed by atoms with Crippen molar-refractivity contribution in [1.29, 1.82) is 0 Å². The third kappa shape index (κ3) is 2.01. The van der Waals surface area contributed by atoms with Crippen LogP contribution in [0.25, 0.3) is 0 Å². The van der Waals surface area contributed by atoms with Crippen molar-refractivity contribution in [3.63, 3.8) is 0 Å². The minimum atomic E-state index is -0.330. The number of hydrogen-bond acceptors (Lipinski definition) is 1. The monoisotopic (exact) mass is 181 g/mol. The highest BCUT2D eigenvalue weighted by molar-refractivity contribution is 7.96. The van der Waals surface area contributed by atoms with Gasteiger partial charge in [0.2, 0.25) is 0 Å². The number of rotatable bonds is 1. The van der Waals surface area contributed by atoms with E-state index in [1.54, 1.807) is 0 Å². The molecule has 2 nitrogen and oxygen atoms in total. The standard InChI is InChI=1S/C9H11NOS/c1-6-4-3-5-8(7(6)2)10-9(11)12/h3-5H,1-2H3,(H2,10,11,12). The van der Waals surface area contributed by atoms with Gasteiger partial charge in [0.25, 0.3) is 5.24 Å². The Morgan fingerprint density at radius 1 is 1.42 bits per heavy atom. The largest absolute Gasteiger partial charge is 0.317 e. The highest BCUT2D eigenvalue weighted by Gasteiger charge is 2.01. The number of carbonyl (C=O) groups is 1. The predicted octanol–water partition coefficient (Wildman–Crippen LogP) is 2.77. The van der Waals surface area contributed by atoms with Crippen molar-refractivity contribution in [2.45, 2.75) is 13.8 Å². The maximum Gasteiger partial charge on any atom is 0.280 e. The Morgan fingerprint density at radius 2 is 2.08 bits per heavy atom. The van der Waals surface area contributed by atoms with Gasteiger partial charge in [-0.15, -0.1) is 0 Å². The molecule has 0 unspecified atom stereocenters. The molecule has 0 aliphatic rings. The average Bonchev–Trinajstić information content (AvgIpc) is 1.98. The van der Waals surface area contributed by atoms with Crippen molar-refractivity contribution in [1.82, 2.24) is 0 Å². The molecule has 0 saturated carbocycles. The second kappa shape index (κ2) is 3.63. The lowest BCUT2D eigenvalue weighted by Gasteiger charge is -2.07. The summed E-state index contributed by atoms with van der Waals surface area (Å²) in [4.78, 5) is 10.6. The van der Waals surface area contributed by atoms with E-state index in [1.165, 1.54) is 0 Å². The van der Waals surface area contributed by atoms with Gasteiger partial charge in [0.1, 0.15) is 0 Å². The van der Waals surface area contributed by atoms with E-state index >= 15 is 0 Å². The van der Waals surface area contributed by atoms with Gasteiger partial charge in [-0.3, -0.25) is 4.79 Å². The van der Waals surface area contributed by atoms with Gasteiger partial charge in [-0.2, -0.15) is 0 Å². The van der Waals surface area contributed by atoms with Crippen LogP contribution in [0, 0.1) is 13.8 Å². The van der Waals surface area contributed by atoms with Crippen LogP contribution in [0.1, 0.15) is 11.1 Å². The van der Waals surface area contributed by atoms with Crippen molar-refractivity contribution in [3.8, 4) is 0 Å². The number of benzene rings is 1. The minimum Gasteiger partial charge on any atom is -0.317 e. The second-order valence-electron chi connectivity index (χ2n) is 2.68. The van der Waals surface area contributed by atoms with Crippen LogP contribution >= 0.6 is 12.6 Å². The molecule has 3 heteroatoms. The van der Waals surface area contributed by atoms with Crippen LogP contribution in [-0.4, -0.2) is 5.24 Å². The van der Waals surface area contributed by atoms with E-state index in [4.69, 9.17) is 0 Å². The molecule has 0 aliphatic heterocycles. The van der Waals surface area contributed by atoms with Crippen molar-refractivity contribution in [3.05, 3.63) is 29.3 Å². The Kier molecular flexibility index (Phi) is 2.76. The van der Waals surface area contributed by atoms with Gasteiger partial charge in [-0.05, 0) is 31.0 Å². The third-order valence-electron chi connectivity index (χ3n) is 1.85. The Hall–Kier alpha value is -0.960. The van der Waals surface area contributed by atoms with E-state index in [1.807, 2.05) is 32.0 Å². The smallest absolute Gasteiger partial charge is 0.280 e. The number of hydrogen-bond donors (Lipinski definition) is 2. The summed E-state index contributed by atoms with van der Waals surface area (Å²) in [5, 5.41) is 2.31. The van der Waals surface area contributed by atoms with Gasteiger partial charge < -0.3 is 5.32 Å². The van der Waals surface area contributed by atoms with E-state index in [2.05, 4.69) is 17.9 Å². The van der Waals surface area contributed by atoms with E-state index in [0.717, 1.165) is 16.8 Å². The molecule has 1 aromatic rings. The fourth-order valence-corrected chi connectivity index (χ4v) is 1.12. The molecule has 1 rings (SSSR count). The van der Waals surface area contributed by atoms with Crippen molar-refractivity contribution < 1.29 is 4.79 Å². The predicted molar refractivity (Wildman–Crippen MR) is 53.9 cm³/mol. The molecule has 0 aromatic heterocycles. The highest BCUT2D eigenvalue weighted by Crippen LogP contribution is 2.17. The van der Waals surface area contributed by atoms with Crippen molar-refractivity contribution >= 4 is 23.6 Å². The molecule has 0 atom stereocenters. The molecular weight excluding hydrogens is 170 g/mol. The Bertz CT molecular complexity index is 309. The summed E-state index contributed by atoms with van der Waals surface area (Å²) < 4.78 is 0. The first-order valence-corrected chi connectivity index (χ1v) is 4.12. The molecule has 0 saturated heterocycles. The summed E-state index contributed by atoms with van der Waals surface area (Å²) in [5.41, 5.74) is 3.07. The first-order valence-electron chi connectivity index (χ1n) is 3.67. The van der Waals surface area contributed by atoms with Gasteiger partial charge in [-0.25, -0.2) is 0 Å². The summed E-state index contributed by atoms with van der Waals surface area (Å²) in [6.45, 7) is 3.97. The number of amides is 1.